The molecule has 0 radical (unpaired) electrons. The number of amides is 1. The van der Waals surface area contributed by atoms with Gasteiger partial charge in [0, 0.05) is 16.3 Å². The molecule has 1 N–H and O–H groups in total. The number of halogens is 4. The van der Waals surface area contributed by atoms with Crippen LogP contribution in [0.3, 0.4) is 0 Å². The van der Waals surface area contributed by atoms with Crippen molar-refractivity contribution in [2.24, 2.45) is 0 Å². The first-order valence-corrected chi connectivity index (χ1v) is 13.0. The van der Waals surface area contributed by atoms with Crippen molar-refractivity contribution < 1.29 is 45.4 Å². The minimum atomic E-state index is -4.98. The second kappa shape index (κ2) is 10.7. The van der Waals surface area contributed by atoms with Gasteiger partial charge >= 0.3 is 12.1 Å². The number of nitrogens with zero attached hydrogens (tertiary/aromatic N) is 1. The van der Waals surface area contributed by atoms with E-state index in [0.717, 1.165) is 12.1 Å². The van der Waals surface area contributed by atoms with E-state index in [1.54, 1.807) is 6.92 Å². The molecule has 1 amide bonds. The molecule has 0 aromatic heterocycles. The van der Waals surface area contributed by atoms with Crippen LogP contribution in [0.5, 0.6) is 11.5 Å². The number of alkyl halides is 3. The topological polar surface area (TPSA) is 111 Å². The van der Waals surface area contributed by atoms with Crippen molar-refractivity contribution in [3.8, 4) is 11.5 Å². The first-order chi connectivity index (χ1) is 18.4. The van der Waals surface area contributed by atoms with Gasteiger partial charge in [-0.05, 0) is 61.5 Å². The molecule has 0 spiro atoms. The van der Waals surface area contributed by atoms with Gasteiger partial charge in [0.05, 0.1) is 25.0 Å². The van der Waals surface area contributed by atoms with Crippen molar-refractivity contribution in [2.75, 3.05) is 30.1 Å². The van der Waals surface area contributed by atoms with Gasteiger partial charge in [0.2, 0.25) is 0 Å². The second-order valence-corrected chi connectivity index (χ2v) is 10.3. The molecule has 1 heterocycles. The van der Waals surface area contributed by atoms with E-state index >= 15 is 0 Å². The molecule has 3 aromatic rings. The number of fused-ring (bicyclic) bond motifs is 1. The van der Waals surface area contributed by atoms with E-state index < -0.39 is 62.3 Å². The quantitative estimate of drug-likeness (QED) is 0.373. The zero-order chi connectivity index (χ0) is 28.5. The van der Waals surface area contributed by atoms with Gasteiger partial charge in [-0.3, -0.25) is 4.79 Å². The SMILES string of the molecule is CCOC(=O)c1ccc(NC(=O)c2cc3c(c(C(F)(F)F)c2)OCN3S(=O)(=O)c2cc(Cl)ccc2OC)cc1. The Morgan fingerprint density at radius 3 is 2.38 bits per heavy atom. The molecule has 4 rings (SSSR count). The Bertz CT molecular complexity index is 1540. The third-order valence-electron chi connectivity index (χ3n) is 5.58. The molecule has 1 aliphatic heterocycles. The molecule has 1 aliphatic rings. The van der Waals surface area contributed by atoms with Crippen molar-refractivity contribution in [3.05, 3.63) is 76.3 Å². The molecule has 0 unspecified atom stereocenters. The van der Waals surface area contributed by atoms with Gasteiger partial charge in [-0.25, -0.2) is 17.5 Å². The van der Waals surface area contributed by atoms with Crippen LogP contribution in [0.4, 0.5) is 24.5 Å². The van der Waals surface area contributed by atoms with Crippen LogP contribution >= 0.6 is 11.6 Å². The number of hydrogen-bond acceptors (Lipinski definition) is 7. The summed E-state index contributed by atoms with van der Waals surface area (Å²) in [5, 5.41) is 2.48. The number of hydrogen-bond donors (Lipinski definition) is 1. The lowest BCUT2D eigenvalue weighted by Crippen LogP contribution is -2.30. The zero-order valence-corrected chi connectivity index (χ0v) is 21.9. The number of ether oxygens (including phenoxy) is 3. The Hall–Kier alpha value is -3.97. The maximum absolute atomic E-state index is 14.0. The summed E-state index contributed by atoms with van der Waals surface area (Å²) in [6, 6.07) is 10.8. The van der Waals surface area contributed by atoms with Crippen LogP contribution < -0.4 is 19.1 Å². The molecule has 0 fully saturated rings. The highest BCUT2D eigenvalue weighted by atomic mass is 35.5. The third kappa shape index (κ3) is 5.59. The molecule has 0 bridgehead atoms. The minimum Gasteiger partial charge on any atom is -0.495 e. The first-order valence-electron chi connectivity index (χ1n) is 11.2. The van der Waals surface area contributed by atoms with Gasteiger partial charge < -0.3 is 19.5 Å². The fourth-order valence-electron chi connectivity index (χ4n) is 3.76. The van der Waals surface area contributed by atoms with E-state index in [9.17, 15) is 31.2 Å². The molecule has 14 heteroatoms. The van der Waals surface area contributed by atoms with Crippen molar-refractivity contribution in [2.45, 2.75) is 18.0 Å². The normalized spacial score (nSPS) is 12.9. The Morgan fingerprint density at radius 1 is 1.08 bits per heavy atom. The van der Waals surface area contributed by atoms with Gasteiger partial charge in [-0.1, -0.05) is 11.6 Å². The Morgan fingerprint density at radius 2 is 1.77 bits per heavy atom. The molecular weight excluding hydrogens is 565 g/mol. The molecular formula is C25H20ClF3N2O7S. The van der Waals surface area contributed by atoms with E-state index in [4.69, 9.17) is 25.8 Å². The lowest BCUT2D eigenvalue weighted by molar-refractivity contribution is -0.138. The van der Waals surface area contributed by atoms with Gasteiger partial charge in [0.15, 0.2) is 12.5 Å². The molecule has 0 aliphatic carbocycles. The lowest BCUT2D eigenvalue weighted by Gasteiger charge is -2.20. The minimum absolute atomic E-state index is 0.0489. The Kier molecular flexibility index (Phi) is 7.66. The van der Waals surface area contributed by atoms with Crippen LogP contribution in [0.1, 0.15) is 33.2 Å². The highest BCUT2D eigenvalue weighted by Gasteiger charge is 2.43. The Balaban J connectivity index is 1.73. The third-order valence-corrected chi connectivity index (χ3v) is 7.57. The highest BCUT2D eigenvalue weighted by molar-refractivity contribution is 7.93. The smallest absolute Gasteiger partial charge is 0.420 e. The molecule has 206 valence electrons. The van der Waals surface area contributed by atoms with Gasteiger partial charge in [0.25, 0.3) is 15.9 Å². The highest BCUT2D eigenvalue weighted by Crippen LogP contribution is 2.48. The van der Waals surface area contributed by atoms with Gasteiger partial charge in [-0.15, -0.1) is 0 Å². The van der Waals surface area contributed by atoms with Crippen molar-refractivity contribution in [1.29, 1.82) is 0 Å². The molecule has 0 saturated heterocycles. The van der Waals surface area contributed by atoms with Crippen molar-refractivity contribution in [3.63, 3.8) is 0 Å². The van der Waals surface area contributed by atoms with Gasteiger partial charge in [0.1, 0.15) is 16.2 Å². The Labute approximate surface area is 226 Å². The van der Waals surface area contributed by atoms with Crippen LogP contribution in [0.2, 0.25) is 5.02 Å². The number of benzene rings is 3. The molecule has 9 nitrogen and oxygen atoms in total. The number of nitrogens with one attached hydrogen (secondary N) is 1. The predicted molar refractivity (Wildman–Crippen MR) is 135 cm³/mol. The summed E-state index contributed by atoms with van der Waals surface area (Å²) in [4.78, 5) is 24.4. The molecule has 0 atom stereocenters. The second-order valence-electron chi connectivity index (χ2n) is 8.04. The van der Waals surface area contributed by atoms with Crippen LogP contribution in [-0.4, -0.2) is 40.7 Å². The van der Waals surface area contributed by atoms with Crippen LogP contribution in [-0.2, 0) is 20.9 Å². The number of methoxy groups -OCH3 is 1. The van der Waals surface area contributed by atoms with Gasteiger partial charge in [-0.2, -0.15) is 13.2 Å². The van der Waals surface area contributed by atoms with Crippen molar-refractivity contribution >= 4 is 44.9 Å². The standard InChI is InChI=1S/C25H20ClF3N2O7S/c1-3-37-24(33)14-4-7-17(8-5-14)30-23(32)15-10-18(25(27,28)29)22-19(11-15)31(13-38-22)39(34,35)21-12-16(26)6-9-20(21)36-2/h4-12H,3,13H2,1-2H3,(H,30,32). The summed E-state index contributed by atoms with van der Waals surface area (Å²) in [6.45, 7) is 1.02. The largest absolute Gasteiger partial charge is 0.495 e. The summed E-state index contributed by atoms with van der Waals surface area (Å²) in [5.41, 5.74) is -1.93. The van der Waals surface area contributed by atoms with Crippen LogP contribution in [0.25, 0.3) is 0 Å². The molecule has 0 saturated carbocycles. The number of rotatable bonds is 7. The fraction of sp³-hybridized carbons (Fsp3) is 0.200. The van der Waals surface area contributed by atoms with E-state index in [0.29, 0.717) is 10.4 Å². The summed E-state index contributed by atoms with van der Waals surface area (Å²) in [5.74, 6) is -2.38. The summed E-state index contributed by atoms with van der Waals surface area (Å²) in [6.07, 6.45) is -4.98. The summed E-state index contributed by atoms with van der Waals surface area (Å²) in [7, 11) is -3.32. The van der Waals surface area contributed by atoms with Crippen LogP contribution in [0.15, 0.2) is 59.5 Å². The molecule has 39 heavy (non-hydrogen) atoms. The number of carbonyl (C=O) groups is 2. The number of anilines is 2. The number of sulfonamides is 1. The summed E-state index contributed by atoms with van der Waals surface area (Å²) >= 11 is 5.96. The van der Waals surface area contributed by atoms with Crippen LogP contribution in [0, 0.1) is 0 Å². The fourth-order valence-corrected chi connectivity index (χ4v) is 5.50. The lowest BCUT2D eigenvalue weighted by atomic mass is 10.1. The summed E-state index contributed by atoms with van der Waals surface area (Å²) < 4.78 is 84.6. The molecule has 3 aromatic carbocycles. The van der Waals surface area contributed by atoms with E-state index in [2.05, 4.69) is 5.32 Å². The van der Waals surface area contributed by atoms with E-state index in [1.165, 1.54) is 43.5 Å². The maximum Gasteiger partial charge on any atom is 0.420 e. The van der Waals surface area contributed by atoms with E-state index in [1.807, 2.05) is 0 Å². The average molecular weight is 585 g/mol. The zero-order valence-electron chi connectivity index (χ0n) is 20.3. The number of carbonyl (C=O) groups excluding carboxylic acids is 2. The van der Waals surface area contributed by atoms with E-state index in [-0.39, 0.29) is 28.6 Å². The van der Waals surface area contributed by atoms with Crippen molar-refractivity contribution in [1.82, 2.24) is 0 Å². The average Bonchev–Trinajstić information content (AvgIpc) is 3.33. The number of esters is 1. The maximum atomic E-state index is 14.0. The monoisotopic (exact) mass is 584 g/mol. The predicted octanol–water partition coefficient (Wildman–Crippen LogP) is 5.34. The first kappa shape index (κ1) is 28.0.